The molecule has 0 aromatic heterocycles. The molecule has 1 heterocycles. The number of aliphatic imine (C=N–C) groups is 1. The summed E-state index contributed by atoms with van der Waals surface area (Å²) in [6.45, 7) is 5.52. The van der Waals surface area contributed by atoms with E-state index in [4.69, 9.17) is 14.5 Å². The van der Waals surface area contributed by atoms with Crippen LogP contribution >= 0.6 is 0 Å². The molecule has 25 heavy (non-hydrogen) atoms. The second-order valence-corrected chi connectivity index (χ2v) is 6.49. The predicted molar refractivity (Wildman–Crippen MR) is 103 cm³/mol. The summed E-state index contributed by atoms with van der Waals surface area (Å²) < 4.78 is 11.5. The van der Waals surface area contributed by atoms with E-state index in [2.05, 4.69) is 56.3 Å². The van der Waals surface area contributed by atoms with Crippen molar-refractivity contribution in [3.63, 3.8) is 0 Å². The Kier molecular flexibility index (Phi) is 5.54. The fraction of sp³-hybridized carbons (Fsp3) is 0.318. The summed E-state index contributed by atoms with van der Waals surface area (Å²) in [6.07, 6.45) is 3.85. The first-order chi connectivity index (χ1) is 12.2. The second-order valence-electron chi connectivity index (χ2n) is 6.49. The highest BCUT2D eigenvalue weighted by Crippen LogP contribution is 2.33. The van der Waals surface area contributed by atoms with Gasteiger partial charge in [0.05, 0.1) is 7.11 Å². The predicted octanol–water partition coefficient (Wildman–Crippen LogP) is 4.63. The van der Waals surface area contributed by atoms with E-state index in [9.17, 15) is 0 Å². The van der Waals surface area contributed by atoms with Crippen molar-refractivity contribution in [1.82, 2.24) is 0 Å². The van der Waals surface area contributed by atoms with Crippen molar-refractivity contribution in [2.45, 2.75) is 26.7 Å². The summed E-state index contributed by atoms with van der Waals surface area (Å²) >= 11 is 0. The van der Waals surface area contributed by atoms with Gasteiger partial charge < -0.3 is 9.47 Å². The molecule has 0 bridgehead atoms. The molecule has 3 nitrogen and oxygen atoms in total. The summed E-state index contributed by atoms with van der Waals surface area (Å²) in [6, 6.07) is 14.7. The monoisotopic (exact) mass is 335 g/mol. The Morgan fingerprint density at radius 3 is 2.64 bits per heavy atom. The van der Waals surface area contributed by atoms with Crippen LogP contribution in [0, 0.1) is 0 Å². The van der Waals surface area contributed by atoms with Gasteiger partial charge in [0.2, 0.25) is 0 Å². The van der Waals surface area contributed by atoms with Crippen LogP contribution < -0.4 is 9.47 Å². The molecule has 3 heteroatoms. The molecule has 0 N–H and O–H groups in total. The van der Waals surface area contributed by atoms with Gasteiger partial charge in [-0.05, 0) is 49.6 Å². The van der Waals surface area contributed by atoms with Gasteiger partial charge in [-0.15, -0.1) is 0 Å². The van der Waals surface area contributed by atoms with Gasteiger partial charge in [0.15, 0.2) is 11.5 Å². The molecule has 130 valence electrons. The van der Waals surface area contributed by atoms with E-state index < -0.39 is 0 Å². The maximum absolute atomic E-state index is 5.92. The van der Waals surface area contributed by atoms with Gasteiger partial charge in [0.25, 0.3) is 0 Å². The molecule has 0 saturated carbocycles. The number of rotatable bonds is 6. The van der Waals surface area contributed by atoms with Gasteiger partial charge in [0, 0.05) is 24.2 Å². The van der Waals surface area contributed by atoms with E-state index in [1.165, 1.54) is 22.3 Å². The first-order valence-corrected chi connectivity index (χ1v) is 8.72. The minimum atomic E-state index is 0.558. The van der Waals surface area contributed by atoms with E-state index in [0.717, 1.165) is 36.6 Å². The third-order valence-corrected chi connectivity index (χ3v) is 4.33. The Labute approximate surface area is 150 Å². The average molecular weight is 335 g/mol. The molecular weight excluding hydrogens is 310 g/mol. The molecular formula is C22H25NO2. The molecule has 0 spiro atoms. The lowest BCUT2D eigenvalue weighted by Crippen LogP contribution is -2.16. The van der Waals surface area contributed by atoms with Crippen molar-refractivity contribution in [2.24, 2.45) is 4.99 Å². The highest BCUT2D eigenvalue weighted by atomic mass is 16.5. The van der Waals surface area contributed by atoms with E-state index in [0.29, 0.717) is 6.61 Å². The minimum Gasteiger partial charge on any atom is -0.493 e. The van der Waals surface area contributed by atoms with Gasteiger partial charge in [0.1, 0.15) is 6.61 Å². The molecule has 0 fully saturated rings. The normalized spacial score (nSPS) is 12.8. The van der Waals surface area contributed by atoms with Crippen molar-refractivity contribution < 1.29 is 9.47 Å². The Morgan fingerprint density at radius 2 is 1.92 bits per heavy atom. The van der Waals surface area contributed by atoms with Crippen LogP contribution in [0.2, 0.25) is 0 Å². The molecule has 0 radical (unpaired) electrons. The topological polar surface area (TPSA) is 30.8 Å². The smallest absolute Gasteiger partial charge is 0.161 e. The molecule has 2 aromatic rings. The number of ether oxygens (including phenoxy) is 2. The lowest BCUT2D eigenvalue weighted by Gasteiger charge is -2.20. The lowest BCUT2D eigenvalue weighted by atomic mass is 9.93. The number of methoxy groups -OCH3 is 1. The van der Waals surface area contributed by atoms with Gasteiger partial charge in [-0.25, -0.2) is 0 Å². The van der Waals surface area contributed by atoms with Crippen LogP contribution in [0.4, 0.5) is 0 Å². The first kappa shape index (κ1) is 17.3. The van der Waals surface area contributed by atoms with Crippen LogP contribution in [-0.2, 0) is 12.8 Å². The SMILES string of the molecule is COc1cc2c(cc1OCC=C(C)C)CCN=C2Cc1ccccc1. The Bertz CT molecular complexity index is 787. The highest BCUT2D eigenvalue weighted by Gasteiger charge is 2.18. The van der Waals surface area contributed by atoms with Crippen LogP contribution in [0.15, 0.2) is 59.1 Å². The van der Waals surface area contributed by atoms with E-state index in [1.807, 2.05) is 6.07 Å². The number of fused-ring (bicyclic) bond motifs is 1. The van der Waals surface area contributed by atoms with Crippen molar-refractivity contribution >= 4 is 5.71 Å². The van der Waals surface area contributed by atoms with Crippen molar-refractivity contribution in [3.05, 3.63) is 70.8 Å². The molecule has 0 amide bonds. The molecule has 0 unspecified atom stereocenters. The van der Waals surface area contributed by atoms with Crippen LogP contribution in [0.5, 0.6) is 11.5 Å². The summed E-state index contributed by atoms with van der Waals surface area (Å²) in [4.78, 5) is 4.77. The quantitative estimate of drug-likeness (QED) is 0.721. The van der Waals surface area contributed by atoms with E-state index >= 15 is 0 Å². The summed E-state index contributed by atoms with van der Waals surface area (Å²) in [7, 11) is 1.69. The second kappa shape index (κ2) is 8.02. The summed E-state index contributed by atoms with van der Waals surface area (Å²) in [5.41, 5.74) is 6.11. The summed E-state index contributed by atoms with van der Waals surface area (Å²) in [5, 5.41) is 0. The van der Waals surface area contributed by atoms with Crippen molar-refractivity contribution in [3.8, 4) is 11.5 Å². The maximum Gasteiger partial charge on any atom is 0.161 e. The number of hydrogen-bond acceptors (Lipinski definition) is 3. The fourth-order valence-corrected chi connectivity index (χ4v) is 2.98. The van der Waals surface area contributed by atoms with E-state index in [1.54, 1.807) is 7.11 Å². The van der Waals surface area contributed by atoms with Gasteiger partial charge >= 0.3 is 0 Å². The van der Waals surface area contributed by atoms with Gasteiger partial charge in [-0.3, -0.25) is 4.99 Å². The third-order valence-electron chi connectivity index (χ3n) is 4.33. The molecule has 0 aliphatic carbocycles. The maximum atomic E-state index is 5.92. The molecule has 0 saturated heterocycles. The number of allylic oxidation sites excluding steroid dienone is 1. The fourth-order valence-electron chi connectivity index (χ4n) is 2.98. The Balaban J connectivity index is 1.87. The molecule has 3 rings (SSSR count). The number of benzene rings is 2. The first-order valence-electron chi connectivity index (χ1n) is 8.72. The zero-order valence-electron chi connectivity index (χ0n) is 15.2. The van der Waals surface area contributed by atoms with Gasteiger partial charge in [-0.2, -0.15) is 0 Å². The third kappa shape index (κ3) is 4.30. The van der Waals surface area contributed by atoms with E-state index in [-0.39, 0.29) is 0 Å². The minimum absolute atomic E-state index is 0.558. The Hall–Kier alpha value is -2.55. The van der Waals surface area contributed by atoms with Crippen LogP contribution in [0.3, 0.4) is 0 Å². The highest BCUT2D eigenvalue weighted by molar-refractivity contribution is 6.04. The lowest BCUT2D eigenvalue weighted by molar-refractivity contribution is 0.325. The zero-order chi connectivity index (χ0) is 17.6. The zero-order valence-corrected chi connectivity index (χ0v) is 15.2. The van der Waals surface area contributed by atoms with Crippen LogP contribution in [0.25, 0.3) is 0 Å². The summed E-state index contributed by atoms with van der Waals surface area (Å²) in [5.74, 6) is 1.57. The number of nitrogens with zero attached hydrogens (tertiary/aromatic N) is 1. The van der Waals surface area contributed by atoms with Crippen molar-refractivity contribution in [2.75, 3.05) is 20.3 Å². The van der Waals surface area contributed by atoms with Crippen molar-refractivity contribution in [1.29, 1.82) is 0 Å². The number of hydrogen-bond donors (Lipinski definition) is 0. The largest absolute Gasteiger partial charge is 0.493 e. The van der Waals surface area contributed by atoms with Gasteiger partial charge in [-0.1, -0.05) is 35.9 Å². The molecule has 1 aliphatic heterocycles. The standard InChI is InChI=1S/C22H25NO2/c1-16(2)10-12-25-22-14-18-9-11-23-20(19(18)15-21(22)24-3)13-17-7-5-4-6-8-17/h4-8,10,14-15H,9,11-13H2,1-3H3. The molecule has 2 aromatic carbocycles. The molecule has 0 atom stereocenters. The van der Waals surface area contributed by atoms with Crippen LogP contribution in [0.1, 0.15) is 30.5 Å². The van der Waals surface area contributed by atoms with Crippen LogP contribution in [-0.4, -0.2) is 26.0 Å². The molecule has 1 aliphatic rings. The average Bonchev–Trinajstić information content (AvgIpc) is 2.62. The Morgan fingerprint density at radius 1 is 1.12 bits per heavy atom.